The van der Waals surface area contributed by atoms with Crippen LogP contribution in [0.3, 0.4) is 0 Å². The zero-order valence-corrected chi connectivity index (χ0v) is 32.5. The Morgan fingerprint density at radius 1 is 0.439 bits per heavy atom. The lowest BCUT2D eigenvalue weighted by atomic mass is 9.49. The Morgan fingerprint density at radius 2 is 1.05 bits per heavy atom. The van der Waals surface area contributed by atoms with Gasteiger partial charge in [0.15, 0.2) is 0 Å². The van der Waals surface area contributed by atoms with E-state index in [1.165, 1.54) is 101 Å². The van der Waals surface area contributed by atoms with Crippen molar-refractivity contribution < 1.29 is 0 Å². The van der Waals surface area contributed by atoms with Crippen LogP contribution >= 0.6 is 0 Å². The Bertz CT molecular complexity index is 2890. The van der Waals surface area contributed by atoms with Crippen molar-refractivity contribution in [2.75, 3.05) is 9.80 Å². The number of rotatable bonds is 4. The van der Waals surface area contributed by atoms with Gasteiger partial charge >= 0.3 is 0 Å². The van der Waals surface area contributed by atoms with E-state index >= 15 is 0 Å². The van der Waals surface area contributed by atoms with E-state index in [-0.39, 0.29) is 11.3 Å². The SMILES string of the molecule is CC(C)(C)Cc1ccc2c(c1)N(c1ccccc1-c1ccccc1)c1ccc3c4c1N2c1ccc(-c2ccccc2)cc1C41c2ccccc2C3c2ccccc21. The van der Waals surface area contributed by atoms with Gasteiger partial charge in [-0.15, -0.1) is 0 Å². The highest BCUT2D eigenvalue weighted by Crippen LogP contribution is 2.71. The average molecular weight is 731 g/mol. The fourth-order valence-electron chi connectivity index (χ4n) is 11.0. The maximum atomic E-state index is 2.63. The highest BCUT2D eigenvalue weighted by atomic mass is 15.3. The number of para-hydroxylation sites is 1. The Labute approximate surface area is 335 Å². The summed E-state index contributed by atoms with van der Waals surface area (Å²) in [6.07, 6.45) is 0.987. The lowest BCUT2D eigenvalue weighted by Crippen LogP contribution is -2.47. The van der Waals surface area contributed by atoms with Gasteiger partial charge in [0.05, 0.1) is 39.5 Å². The fraction of sp³-hybridized carbons (Fsp3) is 0.127. The Morgan fingerprint density at radius 3 is 1.77 bits per heavy atom. The molecule has 0 aromatic heterocycles. The molecule has 2 heteroatoms. The largest absolute Gasteiger partial charge is 0.306 e. The first-order valence-corrected chi connectivity index (χ1v) is 20.4. The van der Waals surface area contributed by atoms with Crippen molar-refractivity contribution in [3.8, 4) is 22.3 Å². The van der Waals surface area contributed by atoms with Crippen molar-refractivity contribution in [3.63, 3.8) is 0 Å². The van der Waals surface area contributed by atoms with Crippen LogP contribution in [0.5, 0.6) is 0 Å². The molecule has 8 aromatic carbocycles. The molecule has 0 N–H and O–H groups in total. The van der Waals surface area contributed by atoms with Crippen LogP contribution in [0.1, 0.15) is 71.2 Å². The molecule has 0 unspecified atom stereocenters. The number of hydrogen-bond donors (Lipinski definition) is 0. The van der Waals surface area contributed by atoms with E-state index in [0.717, 1.165) is 6.42 Å². The molecule has 2 nitrogen and oxygen atoms in total. The second kappa shape index (κ2) is 11.7. The molecule has 0 saturated heterocycles. The topological polar surface area (TPSA) is 6.48 Å². The molecule has 0 radical (unpaired) electrons. The fourth-order valence-corrected chi connectivity index (χ4v) is 11.0. The van der Waals surface area contributed by atoms with Crippen molar-refractivity contribution in [2.45, 2.75) is 38.5 Å². The minimum Gasteiger partial charge on any atom is -0.306 e. The summed E-state index contributed by atoms with van der Waals surface area (Å²) >= 11 is 0. The first kappa shape index (κ1) is 32.6. The van der Waals surface area contributed by atoms with Gasteiger partial charge in [-0.25, -0.2) is 0 Å². The van der Waals surface area contributed by atoms with E-state index in [0.29, 0.717) is 0 Å². The predicted molar refractivity (Wildman–Crippen MR) is 236 cm³/mol. The molecule has 8 aromatic rings. The normalized spacial score (nSPS) is 17.6. The summed E-state index contributed by atoms with van der Waals surface area (Å²) in [5, 5.41) is 0. The molecule has 57 heavy (non-hydrogen) atoms. The molecule has 0 amide bonds. The summed E-state index contributed by atoms with van der Waals surface area (Å²) in [7, 11) is 0. The second-order valence-electron chi connectivity index (χ2n) is 17.5. The van der Waals surface area contributed by atoms with Gasteiger partial charge in [0.1, 0.15) is 0 Å². The molecule has 0 saturated carbocycles. The van der Waals surface area contributed by atoms with Gasteiger partial charge in [-0.2, -0.15) is 0 Å². The smallest absolute Gasteiger partial charge is 0.0754 e. The van der Waals surface area contributed by atoms with Crippen molar-refractivity contribution in [1.82, 2.24) is 0 Å². The van der Waals surface area contributed by atoms with Crippen LogP contribution in [0, 0.1) is 5.41 Å². The minimum atomic E-state index is -0.506. The van der Waals surface area contributed by atoms with Gasteiger partial charge in [-0.1, -0.05) is 166 Å². The van der Waals surface area contributed by atoms with Crippen LogP contribution in [0.15, 0.2) is 182 Å². The molecule has 5 aliphatic rings. The average Bonchev–Trinajstić information content (AvgIpc) is 3.25. The molecule has 0 fully saturated rings. The van der Waals surface area contributed by atoms with Gasteiger partial charge in [-0.3, -0.25) is 0 Å². The molecular formula is C55H42N2. The maximum Gasteiger partial charge on any atom is 0.0754 e. The van der Waals surface area contributed by atoms with E-state index in [1.807, 2.05) is 0 Å². The third-order valence-corrected chi connectivity index (χ3v) is 12.9. The van der Waals surface area contributed by atoms with Crippen molar-refractivity contribution in [1.29, 1.82) is 0 Å². The standard InChI is InChI=1S/C55H42N2/c1-54(2,3)34-35-26-29-48-50(32-35)56(46-25-15-12-20-39(46)37-18-8-5-9-19-37)49-31-28-42-51-40-21-10-13-23-43(40)55(44-24-14-11-22-41(44)51)45-33-38(36-16-6-4-7-17-36)27-30-47(45)57(48)53(49)52(42)55/h4-33,51H,34H2,1-3H3. The maximum absolute atomic E-state index is 2.63. The predicted octanol–water partition coefficient (Wildman–Crippen LogP) is 14.4. The molecule has 2 aliphatic heterocycles. The van der Waals surface area contributed by atoms with Crippen LogP contribution in [-0.2, 0) is 11.8 Å². The van der Waals surface area contributed by atoms with Crippen LogP contribution < -0.4 is 9.80 Å². The van der Waals surface area contributed by atoms with E-state index in [2.05, 4.69) is 213 Å². The number of hydrogen-bond acceptors (Lipinski definition) is 2. The highest BCUT2D eigenvalue weighted by Gasteiger charge is 2.58. The lowest BCUT2D eigenvalue weighted by molar-refractivity contribution is 0.411. The van der Waals surface area contributed by atoms with E-state index < -0.39 is 5.41 Å². The first-order valence-electron chi connectivity index (χ1n) is 20.4. The second-order valence-corrected chi connectivity index (χ2v) is 17.5. The monoisotopic (exact) mass is 730 g/mol. The Kier molecular flexibility index (Phi) is 6.69. The van der Waals surface area contributed by atoms with Gasteiger partial charge in [-0.05, 0) is 104 Å². The first-order chi connectivity index (χ1) is 27.9. The molecule has 1 spiro atoms. The third kappa shape index (κ3) is 4.41. The third-order valence-electron chi connectivity index (χ3n) is 12.9. The van der Waals surface area contributed by atoms with Crippen LogP contribution in [0.2, 0.25) is 0 Å². The molecule has 3 aliphatic carbocycles. The number of fused-ring (bicyclic) bond motifs is 4. The lowest BCUT2D eigenvalue weighted by Gasteiger charge is -2.57. The molecule has 2 heterocycles. The van der Waals surface area contributed by atoms with Crippen molar-refractivity contribution >= 4 is 34.1 Å². The Balaban J connectivity index is 1.23. The summed E-state index contributed by atoms with van der Waals surface area (Å²) in [6, 6.07) is 68.9. The quantitative estimate of drug-likeness (QED) is 0.178. The molecule has 2 bridgehead atoms. The number of nitrogens with zero attached hydrogens (tertiary/aromatic N) is 2. The van der Waals surface area contributed by atoms with E-state index in [1.54, 1.807) is 0 Å². The summed E-state index contributed by atoms with van der Waals surface area (Å²) in [5.74, 6) is 0.154. The van der Waals surface area contributed by atoms with Gasteiger partial charge in [0.2, 0.25) is 0 Å². The number of anilines is 6. The zero-order valence-electron chi connectivity index (χ0n) is 32.5. The molecule has 13 rings (SSSR count). The van der Waals surface area contributed by atoms with Gasteiger partial charge in [0.25, 0.3) is 0 Å². The molecule has 0 atom stereocenters. The summed E-state index contributed by atoms with van der Waals surface area (Å²) < 4.78 is 0. The highest BCUT2D eigenvalue weighted by molar-refractivity contribution is 6.09. The van der Waals surface area contributed by atoms with Crippen molar-refractivity contribution in [3.05, 3.63) is 226 Å². The van der Waals surface area contributed by atoms with Crippen LogP contribution in [0.25, 0.3) is 22.3 Å². The summed E-state index contributed by atoms with van der Waals surface area (Å²) in [6.45, 7) is 7.02. The Hall–Kier alpha value is -6.64. The number of benzene rings is 8. The molecular weight excluding hydrogens is 689 g/mol. The summed E-state index contributed by atoms with van der Waals surface area (Å²) in [4.78, 5) is 5.22. The van der Waals surface area contributed by atoms with E-state index in [4.69, 9.17) is 0 Å². The van der Waals surface area contributed by atoms with E-state index in [9.17, 15) is 0 Å². The molecule has 272 valence electrons. The van der Waals surface area contributed by atoms with Gasteiger partial charge in [0, 0.05) is 17.0 Å². The zero-order chi connectivity index (χ0) is 38.0. The minimum absolute atomic E-state index is 0.143. The van der Waals surface area contributed by atoms with Crippen LogP contribution in [-0.4, -0.2) is 0 Å². The summed E-state index contributed by atoms with van der Waals surface area (Å²) in [5.41, 5.74) is 23.1. The van der Waals surface area contributed by atoms with Crippen molar-refractivity contribution in [2.24, 2.45) is 5.41 Å². The van der Waals surface area contributed by atoms with Gasteiger partial charge < -0.3 is 9.80 Å². The van der Waals surface area contributed by atoms with Crippen LogP contribution in [0.4, 0.5) is 34.1 Å².